The van der Waals surface area contributed by atoms with E-state index in [1.54, 1.807) is 7.05 Å². The molecule has 1 aromatic carbocycles. The largest absolute Gasteiger partial charge is 0.355 e. The second kappa shape index (κ2) is 7.60. The molecule has 0 atom stereocenters. The van der Waals surface area contributed by atoms with E-state index in [0.29, 0.717) is 19.0 Å². The molecule has 0 spiro atoms. The summed E-state index contributed by atoms with van der Waals surface area (Å²) in [6.45, 7) is 6.78. The van der Waals surface area contributed by atoms with Gasteiger partial charge in [-0.05, 0) is 31.9 Å². The first kappa shape index (κ1) is 18.4. The lowest BCUT2D eigenvalue weighted by Crippen LogP contribution is -2.52. The Kier molecular flexibility index (Phi) is 6.37. The van der Waals surface area contributed by atoms with Crippen LogP contribution in [-0.2, 0) is 16.6 Å². The zero-order chi connectivity index (χ0) is 16.8. The Morgan fingerprint density at radius 2 is 1.86 bits per heavy atom. The SMILES string of the molecule is CN=C(NCc1ccccc1C)NCC(C)(C)NS(C)(=O)=O. The first-order valence-corrected chi connectivity index (χ1v) is 9.00. The van der Waals surface area contributed by atoms with Crippen molar-refractivity contribution in [2.45, 2.75) is 32.9 Å². The van der Waals surface area contributed by atoms with Crippen LogP contribution in [0.2, 0.25) is 0 Å². The van der Waals surface area contributed by atoms with E-state index in [-0.39, 0.29) is 0 Å². The minimum Gasteiger partial charge on any atom is -0.355 e. The topological polar surface area (TPSA) is 82.6 Å². The van der Waals surface area contributed by atoms with Crippen LogP contribution < -0.4 is 15.4 Å². The minimum atomic E-state index is -3.25. The third kappa shape index (κ3) is 6.91. The lowest BCUT2D eigenvalue weighted by atomic mass is 10.1. The maximum Gasteiger partial charge on any atom is 0.209 e. The molecular weight excluding hydrogens is 300 g/mol. The van der Waals surface area contributed by atoms with Crippen molar-refractivity contribution in [3.63, 3.8) is 0 Å². The molecule has 1 aromatic rings. The van der Waals surface area contributed by atoms with Crippen molar-refractivity contribution in [2.24, 2.45) is 4.99 Å². The highest BCUT2D eigenvalue weighted by molar-refractivity contribution is 7.88. The van der Waals surface area contributed by atoms with E-state index in [9.17, 15) is 8.42 Å². The fourth-order valence-corrected chi connectivity index (χ4v) is 3.13. The number of aliphatic imine (C=N–C) groups is 1. The molecule has 0 aliphatic heterocycles. The Morgan fingerprint density at radius 3 is 2.41 bits per heavy atom. The summed E-state index contributed by atoms with van der Waals surface area (Å²) in [7, 11) is -1.56. The number of hydrogen-bond acceptors (Lipinski definition) is 3. The van der Waals surface area contributed by atoms with Gasteiger partial charge in [0.15, 0.2) is 5.96 Å². The lowest BCUT2D eigenvalue weighted by molar-refractivity contribution is 0.446. The van der Waals surface area contributed by atoms with Gasteiger partial charge < -0.3 is 10.6 Å². The number of nitrogens with zero attached hydrogens (tertiary/aromatic N) is 1. The normalized spacial score (nSPS) is 13.0. The van der Waals surface area contributed by atoms with Gasteiger partial charge in [-0.2, -0.15) is 0 Å². The summed E-state index contributed by atoms with van der Waals surface area (Å²) >= 11 is 0. The van der Waals surface area contributed by atoms with E-state index in [4.69, 9.17) is 0 Å². The molecular formula is C15H26N4O2S. The van der Waals surface area contributed by atoms with Gasteiger partial charge in [0.2, 0.25) is 10.0 Å². The third-order valence-corrected chi connectivity index (χ3v) is 4.01. The Balaban J connectivity index is 2.55. The first-order chi connectivity index (χ1) is 10.1. The van der Waals surface area contributed by atoms with Crippen LogP contribution in [0.25, 0.3) is 0 Å². The van der Waals surface area contributed by atoms with Crippen LogP contribution in [0.15, 0.2) is 29.3 Å². The lowest BCUT2D eigenvalue weighted by Gasteiger charge is -2.26. The van der Waals surface area contributed by atoms with Gasteiger partial charge in [0.25, 0.3) is 0 Å². The molecule has 3 N–H and O–H groups in total. The van der Waals surface area contributed by atoms with Crippen molar-refractivity contribution in [1.82, 2.24) is 15.4 Å². The Hall–Kier alpha value is -1.60. The molecule has 0 aliphatic rings. The first-order valence-electron chi connectivity index (χ1n) is 7.11. The maximum atomic E-state index is 11.3. The monoisotopic (exact) mass is 326 g/mol. The van der Waals surface area contributed by atoms with Crippen LogP contribution in [0.1, 0.15) is 25.0 Å². The van der Waals surface area contributed by atoms with Gasteiger partial charge in [-0.1, -0.05) is 24.3 Å². The second-order valence-electron chi connectivity index (χ2n) is 5.96. The Bertz CT molecular complexity index is 624. The van der Waals surface area contributed by atoms with Gasteiger partial charge in [0.05, 0.1) is 6.26 Å². The summed E-state index contributed by atoms with van der Waals surface area (Å²) in [5.41, 5.74) is 1.80. The number of rotatable bonds is 6. The van der Waals surface area contributed by atoms with Crippen molar-refractivity contribution < 1.29 is 8.42 Å². The molecule has 0 saturated carbocycles. The van der Waals surface area contributed by atoms with E-state index in [1.165, 1.54) is 11.1 Å². The van der Waals surface area contributed by atoms with Crippen molar-refractivity contribution in [2.75, 3.05) is 19.8 Å². The molecule has 0 aromatic heterocycles. The highest BCUT2D eigenvalue weighted by Crippen LogP contribution is 2.06. The number of nitrogens with one attached hydrogen (secondary N) is 3. The highest BCUT2D eigenvalue weighted by Gasteiger charge is 2.22. The number of hydrogen-bond donors (Lipinski definition) is 3. The average molecular weight is 326 g/mol. The van der Waals surface area contributed by atoms with Crippen LogP contribution in [0.5, 0.6) is 0 Å². The summed E-state index contributed by atoms with van der Waals surface area (Å²) in [5.74, 6) is 0.631. The zero-order valence-corrected chi connectivity index (χ0v) is 14.7. The summed E-state index contributed by atoms with van der Waals surface area (Å²) in [6, 6.07) is 8.13. The standard InChI is InChI=1S/C15H26N4O2S/c1-12-8-6-7-9-13(12)10-17-14(16-4)18-11-15(2,3)19-22(5,20)21/h6-9,19H,10-11H2,1-5H3,(H2,16,17,18). The van der Waals surface area contributed by atoms with Gasteiger partial charge in [-0.15, -0.1) is 0 Å². The van der Waals surface area contributed by atoms with E-state index in [0.717, 1.165) is 6.26 Å². The minimum absolute atomic E-state index is 0.424. The maximum absolute atomic E-state index is 11.3. The van der Waals surface area contributed by atoms with Crippen molar-refractivity contribution >= 4 is 16.0 Å². The van der Waals surface area contributed by atoms with Gasteiger partial charge in [-0.3, -0.25) is 4.99 Å². The molecule has 22 heavy (non-hydrogen) atoms. The number of guanidine groups is 1. The highest BCUT2D eigenvalue weighted by atomic mass is 32.2. The quantitative estimate of drug-likeness (QED) is 0.538. The zero-order valence-electron chi connectivity index (χ0n) is 13.9. The smallest absolute Gasteiger partial charge is 0.209 e. The fourth-order valence-electron chi connectivity index (χ4n) is 2.05. The van der Waals surface area contributed by atoms with Crippen LogP contribution in [0.3, 0.4) is 0 Å². The van der Waals surface area contributed by atoms with Crippen molar-refractivity contribution in [3.8, 4) is 0 Å². The molecule has 1 rings (SSSR count). The summed E-state index contributed by atoms with van der Waals surface area (Å²) in [5, 5.41) is 6.36. The number of benzene rings is 1. The van der Waals surface area contributed by atoms with Crippen LogP contribution in [-0.4, -0.2) is 39.8 Å². The second-order valence-corrected chi connectivity index (χ2v) is 7.71. The molecule has 0 fully saturated rings. The molecule has 0 radical (unpaired) electrons. The third-order valence-electron chi connectivity index (χ3n) is 3.09. The molecule has 0 unspecified atom stereocenters. The van der Waals surface area contributed by atoms with Gasteiger partial charge >= 0.3 is 0 Å². The Labute approximate surface area is 133 Å². The van der Waals surface area contributed by atoms with E-state index in [1.807, 2.05) is 26.0 Å². The molecule has 6 nitrogen and oxygen atoms in total. The number of sulfonamides is 1. The van der Waals surface area contributed by atoms with E-state index >= 15 is 0 Å². The van der Waals surface area contributed by atoms with Crippen LogP contribution >= 0.6 is 0 Å². The summed E-state index contributed by atoms with van der Waals surface area (Å²) in [4.78, 5) is 4.15. The summed E-state index contributed by atoms with van der Waals surface area (Å²) < 4.78 is 25.2. The average Bonchev–Trinajstić information content (AvgIpc) is 2.38. The summed E-state index contributed by atoms with van der Waals surface area (Å²) in [6.07, 6.45) is 1.15. The van der Waals surface area contributed by atoms with Gasteiger partial charge in [-0.25, -0.2) is 13.1 Å². The molecule has 0 aliphatic carbocycles. The molecule has 0 bridgehead atoms. The van der Waals surface area contributed by atoms with Crippen molar-refractivity contribution in [1.29, 1.82) is 0 Å². The molecule has 0 amide bonds. The molecule has 7 heteroatoms. The van der Waals surface area contributed by atoms with Gasteiger partial charge in [0, 0.05) is 25.7 Å². The predicted molar refractivity (Wildman–Crippen MR) is 91.4 cm³/mol. The fraction of sp³-hybridized carbons (Fsp3) is 0.533. The van der Waals surface area contributed by atoms with Crippen LogP contribution in [0, 0.1) is 6.92 Å². The molecule has 0 heterocycles. The van der Waals surface area contributed by atoms with Crippen molar-refractivity contribution in [3.05, 3.63) is 35.4 Å². The predicted octanol–water partition coefficient (Wildman–Crippen LogP) is 0.988. The van der Waals surface area contributed by atoms with Gasteiger partial charge in [0.1, 0.15) is 0 Å². The van der Waals surface area contributed by atoms with E-state index in [2.05, 4.69) is 39.4 Å². The van der Waals surface area contributed by atoms with Crippen LogP contribution in [0.4, 0.5) is 0 Å². The Morgan fingerprint density at radius 1 is 1.23 bits per heavy atom. The molecule has 124 valence electrons. The van der Waals surface area contributed by atoms with E-state index < -0.39 is 15.6 Å². The number of aryl methyl sites for hydroxylation is 1. The molecule has 0 saturated heterocycles.